The minimum Gasteiger partial charge on any atom is -0.310 e. The van der Waals surface area contributed by atoms with Gasteiger partial charge in [-0.2, -0.15) is 0 Å². The summed E-state index contributed by atoms with van der Waals surface area (Å²) in [6, 6.07) is 72.6. The number of aryl methyl sites for hydroxylation is 1. The topological polar surface area (TPSA) is 3.24 Å². The van der Waals surface area contributed by atoms with Crippen LogP contribution in [-0.2, 0) is 11.8 Å². The molecule has 0 heterocycles. The van der Waals surface area contributed by atoms with Gasteiger partial charge in [-0.1, -0.05) is 191 Å². The molecule has 63 heavy (non-hydrogen) atoms. The van der Waals surface area contributed by atoms with Crippen LogP contribution in [0.4, 0.5) is 17.1 Å². The molecule has 0 N–H and O–H groups in total. The molecule has 0 aromatic heterocycles. The average molecular weight is 806 g/mol. The highest BCUT2D eigenvalue weighted by Crippen LogP contribution is 2.53. The van der Waals surface area contributed by atoms with E-state index in [1.54, 1.807) is 0 Å². The average Bonchev–Trinajstić information content (AvgIpc) is 3.67. The van der Waals surface area contributed by atoms with Crippen LogP contribution < -0.4 is 4.90 Å². The molecule has 0 spiro atoms. The predicted octanol–water partition coefficient (Wildman–Crippen LogP) is 17.5. The van der Waals surface area contributed by atoms with E-state index in [1.807, 2.05) is 0 Å². The summed E-state index contributed by atoms with van der Waals surface area (Å²) >= 11 is 0. The van der Waals surface area contributed by atoms with Gasteiger partial charge in [0.15, 0.2) is 0 Å². The van der Waals surface area contributed by atoms with E-state index in [9.17, 15) is 0 Å². The second kappa shape index (κ2) is 14.6. The maximum Gasteiger partial charge on any atom is 0.0540 e. The van der Waals surface area contributed by atoms with Gasteiger partial charge in [0.25, 0.3) is 0 Å². The third kappa shape index (κ3) is 5.98. The summed E-state index contributed by atoms with van der Waals surface area (Å²) in [4.78, 5) is 2.51. The first-order chi connectivity index (χ1) is 30.9. The Kier molecular flexibility index (Phi) is 8.63. The molecule has 0 bridgehead atoms. The SMILES string of the molecule is CC(C)(C)c1ccc(N(c2ccc3c(c2)c2c(c4c(-c5ccccc5)cc(-c5ccccc5)c(-c5ccccc5)c43)C=CCC2)c2ccc3c4c(cccc24)-c2ccccc2-3)cc1. The van der Waals surface area contributed by atoms with Crippen LogP contribution in [0.25, 0.3) is 94.0 Å². The lowest BCUT2D eigenvalue weighted by atomic mass is 9.78. The number of benzene rings is 10. The van der Waals surface area contributed by atoms with Crippen LogP contribution in [-0.4, -0.2) is 0 Å². The monoisotopic (exact) mass is 805 g/mol. The zero-order valence-electron chi connectivity index (χ0n) is 36.0. The fraction of sp³-hybridized carbons (Fsp3) is 0.0968. The van der Waals surface area contributed by atoms with Gasteiger partial charge in [-0.25, -0.2) is 0 Å². The molecule has 0 aliphatic heterocycles. The Morgan fingerprint density at radius 3 is 1.70 bits per heavy atom. The summed E-state index contributed by atoms with van der Waals surface area (Å²) < 4.78 is 0. The number of fused-ring (bicyclic) bond motifs is 9. The first-order valence-corrected chi connectivity index (χ1v) is 22.4. The highest BCUT2D eigenvalue weighted by molar-refractivity contribution is 6.25. The Balaban J connectivity index is 1.19. The maximum absolute atomic E-state index is 2.51. The van der Waals surface area contributed by atoms with Crippen molar-refractivity contribution in [2.24, 2.45) is 0 Å². The van der Waals surface area contributed by atoms with Crippen LogP contribution in [0.5, 0.6) is 0 Å². The van der Waals surface area contributed by atoms with Crippen molar-refractivity contribution in [1.29, 1.82) is 0 Å². The van der Waals surface area contributed by atoms with E-state index in [-0.39, 0.29) is 5.41 Å². The summed E-state index contributed by atoms with van der Waals surface area (Å²) in [5.41, 5.74) is 20.3. The van der Waals surface area contributed by atoms with Crippen LogP contribution in [0.2, 0.25) is 0 Å². The largest absolute Gasteiger partial charge is 0.310 e. The van der Waals surface area contributed by atoms with Crippen molar-refractivity contribution >= 4 is 55.5 Å². The third-order valence-electron chi connectivity index (χ3n) is 13.6. The standard InChI is InChI=1S/C62H47N/c1-62(2,3)43-30-32-44(33-31-43)63(57-37-36-51-47-25-14-13-24-46(47)49-28-17-29-53(57)59(49)51)45-34-35-52-56(38-45)48-26-15-16-27-50(48)60-55(41-20-9-5-10-21-41)39-54(40-18-7-4-8-19-40)58(61(52)60)42-22-11-6-12-23-42/h4-14,16-25,27-39H,15,26H2,1-3H3. The minimum atomic E-state index is 0.0430. The van der Waals surface area contributed by atoms with E-state index in [0.717, 1.165) is 24.2 Å². The number of hydrogen-bond acceptors (Lipinski definition) is 1. The molecule has 12 rings (SSSR count). The lowest BCUT2D eigenvalue weighted by Gasteiger charge is -2.30. The quantitative estimate of drug-likeness (QED) is 0.151. The molecule has 1 heteroatoms. The van der Waals surface area contributed by atoms with Gasteiger partial charge in [-0.15, -0.1) is 0 Å². The Labute approximate surface area is 370 Å². The molecule has 0 saturated carbocycles. The lowest BCUT2D eigenvalue weighted by molar-refractivity contribution is 0.590. The number of rotatable bonds is 6. The Morgan fingerprint density at radius 2 is 1.02 bits per heavy atom. The summed E-state index contributed by atoms with van der Waals surface area (Å²) in [7, 11) is 0. The maximum atomic E-state index is 2.51. The molecule has 0 radical (unpaired) electrons. The molecule has 2 aliphatic rings. The smallest absolute Gasteiger partial charge is 0.0540 e. The Bertz CT molecular complexity index is 3410. The van der Waals surface area contributed by atoms with Gasteiger partial charge < -0.3 is 4.90 Å². The van der Waals surface area contributed by atoms with Crippen molar-refractivity contribution in [3.63, 3.8) is 0 Å². The molecule has 0 unspecified atom stereocenters. The van der Waals surface area contributed by atoms with Crippen molar-refractivity contribution in [3.05, 3.63) is 217 Å². The molecule has 300 valence electrons. The zero-order chi connectivity index (χ0) is 42.2. The van der Waals surface area contributed by atoms with Gasteiger partial charge in [0, 0.05) is 16.8 Å². The Hall–Kier alpha value is -7.48. The molecule has 0 atom stereocenters. The van der Waals surface area contributed by atoms with E-state index in [4.69, 9.17) is 0 Å². The molecule has 2 aliphatic carbocycles. The van der Waals surface area contributed by atoms with Crippen LogP contribution >= 0.6 is 0 Å². The molecule has 0 amide bonds. The molecule has 0 fully saturated rings. The first-order valence-electron chi connectivity index (χ1n) is 22.4. The molecule has 1 nitrogen and oxygen atoms in total. The van der Waals surface area contributed by atoms with Gasteiger partial charge in [-0.05, 0) is 154 Å². The van der Waals surface area contributed by atoms with Crippen LogP contribution in [0, 0.1) is 0 Å². The van der Waals surface area contributed by atoms with Crippen LogP contribution in [0.1, 0.15) is 43.9 Å². The van der Waals surface area contributed by atoms with Crippen LogP contribution in [0.15, 0.2) is 200 Å². The molecular weight excluding hydrogens is 759 g/mol. The van der Waals surface area contributed by atoms with E-state index in [0.29, 0.717) is 0 Å². The normalized spacial score (nSPS) is 12.8. The van der Waals surface area contributed by atoms with E-state index < -0.39 is 0 Å². The van der Waals surface area contributed by atoms with Crippen molar-refractivity contribution in [1.82, 2.24) is 0 Å². The van der Waals surface area contributed by atoms with Crippen LogP contribution in [0.3, 0.4) is 0 Å². The zero-order valence-corrected chi connectivity index (χ0v) is 36.0. The first kappa shape index (κ1) is 37.3. The lowest BCUT2D eigenvalue weighted by Crippen LogP contribution is -2.13. The van der Waals surface area contributed by atoms with Gasteiger partial charge in [0.05, 0.1) is 5.69 Å². The summed E-state index contributed by atoms with van der Waals surface area (Å²) in [5, 5.41) is 7.82. The molecular formula is C62H47N. The van der Waals surface area contributed by atoms with Gasteiger partial charge in [-0.3, -0.25) is 0 Å². The van der Waals surface area contributed by atoms with Gasteiger partial charge in [0.1, 0.15) is 0 Å². The van der Waals surface area contributed by atoms with Gasteiger partial charge >= 0.3 is 0 Å². The predicted molar refractivity (Wildman–Crippen MR) is 270 cm³/mol. The highest BCUT2D eigenvalue weighted by Gasteiger charge is 2.28. The number of allylic oxidation sites excluding steroid dienone is 1. The second-order valence-corrected chi connectivity index (χ2v) is 18.3. The van der Waals surface area contributed by atoms with Crippen molar-refractivity contribution in [3.8, 4) is 55.6 Å². The van der Waals surface area contributed by atoms with E-state index >= 15 is 0 Å². The number of nitrogens with zero attached hydrogens (tertiary/aromatic N) is 1. The fourth-order valence-corrected chi connectivity index (χ4v) is 10.7. The number of anilines is 3. The van der Waals surface area contributed by atoms with E-state index in [1.165, 1.54) is 110 Å². The number of hydrogen-bond donors (Lipinski definition) is 0. The molecule has 10 aromatic rings. The molecule has 0 saturated heterocycles. The fourth-order valence-electron chi connectivity index (χ4n) is 10.7. The summed E-state index contributed by atoms with van der Waals surface area (Å²) in [6.45, 7) is 6.88. The summed E-state index contributed by atoms with van der Waals surface area (Å²) in [6.07, 6.45) is 6.80. The third-order valence-corrected chi connectivity index (χ3v) is 13.6. The minimum absolute atomic E-state index is 0.0430. The van der Waals surface area contributed by atoms with Crippen molar-refractivity contribution < 1.29 is 0 Å². The second-order valence-electron chi connectivity index (χ2n) is 18.3. The summed E-state index contributed by atoms with van der Waals surface area (Å²) in [5.74, 6) is 0. The van der Waals surface area contributed by atoms with Crippen molar-refractivity contribution in [2.45, 2.75) is 39.0 Å². The highest BCUT2D eigenvalue weighted by atomic mass is 15.1. The molecule has 10 aromatic carbocycles. The van der Waals surface area contributed by atoms with E-state index in [2.05, 4.69) is 232 Å². The van der Waals surface area contributed by atoms with Gasteiger partial charge in [0.2, 0.25) is 0 Å². The Morgan fingerprint density at radius 1 is 0.413 bits per heavy atom. The van der Waals surface area contributed by atoms with Crippen molar-refractivity contribution in [2.75, 3.05) is 4.90 Å².